The number of hydrogen-bond acceptors (Lipinski definition) is 3. The van der Waals surface area contributed by atoms with Gasteiger partial charge in [0.2, 0.25) is 9.84 Å². The van der Waals surface area contributed by atoms with Crippen molar-refractivity contribution >= 4 is 9.84 Å². The molecule has 0 amide bonds. The molecule has 0 aliphatic rings. The van der Waals surface area contributed by atoms with E-state index in [2.05, 4.69) is 0 Å². The van der Waals surface area contributed by atoms with Gasteiger partial charge in [0.25, 0.3) is 0 Å². The summed E-state index contributed by atoms with van der Waals surface area (Å²) in [6.45, 7) is 3.73. The van der Waals surface area contributed by atoms with Gasteiger partial charge < -0.3 is 4.74 Å². The van der Waals surface area contributed by atoms with Gasteiger partial charge in [0.05, 0.1) is 11.0 Å². The molecule has 0 saturated carbocycles. The second-order valence-electron chi connectivity index (χ2n) is 3.36. The van der Waals surface area contributed by atoms with Crippen LogP contribution in [0.1, 0.15) is 13.8 Å². The van der Waals surface area contributed by atoms with Gasteiger partial charge in [0.1, 0.15) is 5.75 Å². The van der Waals surface area contributed by atoms with Crippen molar-refractivity contribution in [3.8, 4) is 5.75 Å². The summed E-state index contributed by atoms with van der Waals surface area (Å²) in [7, 11) is -3.77. The zero-order valence-corrected chi connectivity index (χ0v) is 9.42. The summed E-state index contributed by atoms with van der Waals surface area (Å²) in [5.74, 6) is 0.572. The molecule has 1 aromatic rings. The topological polar surface area (TPSA) is 43.4 Å². The van der Waals surface area contributed by atoms with Crippen LogP contribution in [0.2, 0.25) is 0 Å². The monoisotopic (exact) mass is 232 g/mol. The molecule has 0 aliphatic carbocycles. The molecule has 1 rings (SSSR count). The lowest BCUT2D eigenvalue weighted by Crippen LogP contribution is -2.06. The first-order chi connectivity index (χ1) is 6.95. The largest absolute Gasteiger partial charge is 0.491 e. The van der Waals surface area contributed by atoms with Crippen LogP contribution in [0.3, 0.4) is 0 Å². The minimum atomic E-state index is -3.77. The van der Waals surface area contributed by atoms with Crippen molar-refractivity contribution in [2.45, 2.75) is 24.8 Å². The molecule has 0 radical (unpaired) electrons. The minimum Gasteiger partial charge on any atom is -0.491 e. The number of benzene rings is 1. The zero-order valence-electron chi connectivity index (χ0n) is 8.60. The normalized spacial score (nSPS) is 11.7. The molecule has 0 N–H and O–H groups in total. The third kappa shape index (κ3) is 3.20. The quantitative estimate of drug-likeness (QED) is 0.799. The Kier molecular flexibility index (Phi) is 3.68. The van der Waals surface area contributed by atoms with E-state index >= 15 is 0 Å². The number of ether oxygens (including phenoxy) is 1. The molecule has 15 heavy (non-hydrogen) atoms. The van der Waals surface area contributed by atoms with Crippen LogP contribution in [-0.4, -0.2) is 20.5 Å². The Bertz CT molecular complexity index is 409. The van der Waals surface area contributed by atoms with Crippen molar-refractivity contribution in [3.63, 3.8) is 0 Å². The van der Waals surface area contributed by atoms with Gasteiger partial charge in [-0.05, 0) is 38.1 Å². The Balaban J connectivity index is 2.91. The van der Waals surface area contributed by atoms with Crippen molar-refractivity contribution in [1.29, 1.82) is 0 Å². The average molecular weight is 232 g/mol. The molecular formula is C10H13FO3S. The summed E-state index contributed by atoms with van der Waals surface area (Å²) >= 11 is 0. The first kappa shape index (κ1) is 12.0. The van der Waals surface area contributed by atoms with Crippen LogP contribution in [0.25, 0.3) is 0 Å². The summed E-state index contributed by atoms with van der Waals surface area (Å²) in [6, 6.07) is 4.34. The van der Waals surface area contributed by atoms with Crippen LogP contribution in [0, 0.1) is 0 Å². The fourth-order valence-corrected chi connectivity index (χ4v) is 1.74. The van der Waals surface area contributed by atoms with E-state index in [-0.39, 0.29) is 11.0 Å². The third-order valence-electron chi connectivity index (χ3n) is 1.70. The highest BCUT2D eigenvalue weighted by Gasteiger charge is 2.13. The van der Waals surface area contributed by atoms with E-state index in [4.69, 9.17) is 4.74 Å². The van der Waals surface area contributed by atoms with Crippen LogP contribution < -0.4 is 4.74 Å². The predicted molar refractivity (Wildman–Crippen MR) is 55.4 cm³/mol. The number of halogens is 1. The lowest BCUT2D eigenvalue weighted by molar-refractivity contribution is 0.242. The molecule has 84 valence electrons. The maximum atomic E-state index is 12.1. The second-order valence-corrected chi connectivity index (χ2v) is 5.28. The Hall–Kier alpha value is -1.10. The van der Waals surface area contributed by atoms with Crippen LogP contribution in [0.4, 0.5) is 4.39 Å². The lowest BCUT2D eigenvalue weighted by Gasteiger charge is -2.09. The highest BCUT2D eigenvalue weighted by molar-refractivity contribution is 7.91. The van der Waals surface area contributed by atoms with Crippen LogP contribution >= 0.6 is 0 Å². The van der Waals surface area contributed by atoms with Crippen molar-refractivity contribution in [1.82, 2.24) is 0 Å². The van der Waals surface area contributed by atoms with Crippen LogP contribution in [-0.2, 0) is 9.84 Å². The molecule has 0 fully saturated rings. The number of rotatable bonds is 4. The Morgan fingerprint density at radius 1 is 1.27 bits per heavy atom. The van der Waals surface area contributed by atoms with Gasteiger partial charge in [0.15, 0.2) is 6.01 Å². The van der Waals surface area contributed by atoms with Gasteiger partial charge in [-0.15, -0.1) is 0 Å². The van der Waals surface area contributed by atoms with Crippen molar-refractivity contribution in [2.24, 2.45) is 0 Å². The molecular weight excluding hydrogens is 219 g/mol. The molecule has 0 saturated heterocycles. The highest BCUT2D eigenvalue weighted by atomic mass is 32.2. The van der Waals surface area contributed by atoms with Gasteiger partial charge >= 0.3 is 0 Å². The van der Waals surface area contributed by atoms with E-state index in [1.807, 2.05) is 13.8 Å². The molecule has 1 aromatic carbocycles. The van der Waals surface area contributed by atoms with Gasteiger partial charge in [-0.1, -0.05) is 0 Å². The fraction of sp³-hybridized carbons (Fsp3) is 0.400. The lowest BCUT2D eigenvalue weighted by atomic mass is 10.3. The van der Waals surface area contributed by atoms with Crippen LogP contribution in [0.5, 0.6) is 5.75 Å². The molecule has 0 spiro atoms. The molecule has 0 heterocycles. The fourth-order valence-electron chi connectivity index (χ4n) is 1.06. The van der Waals surface area contributed by atoms with Crippen molar-refractivity contribution < 1.29 is 17.5 Å². The Labute approximate surface area is 88.8 Å². The summed E-state index contributed by atoms with van der Waals surface area (Å²) < 4.78 is 39.7. The first-order valence-corrected chi connectivity index (χ1v) is 6.16. The molecule has 0 atom stereocenters. The predicted octanol–water partition coefficient (Wildman–Crippen LogP) is 2.17. The first-order valence-electron chi connectivity index (χ1n) is 4.51. The summed E-state index contributed by atoms with van der Waals surface area (Å²) in [5.41, 5.74) is 0. The van der Waals surface area contributed by atoms with E-state index < -0.39 is 15.8 Å². The standard InChI is InChI=1S/C10H13FO3S/c1-8(2)14-9-3-5-10(6-4-9)15(12,13)7-11/h3-6,8H,7H2,1-2H3. The zero-order chi connectivity index (χ0) is 11.5. The minimum absolute atomic E-state index is 0.0219. The Morgan fingerprint density at radius 2 is 1.80 bits per heavy atom. The number of hydrogen-bond donors (Lipinski definition) is 0. The molecule has 0 unspecified atom stereocenters. The van der Waals surface area contributed by atoms with Crippen molar-refractivity contribution in [2.75, 3.05) is 6.01 Å². The summed E-state index contributed by atoms with van der Waals surface area (Å²) in [6.07, 6.45) is 0.0219. The molecule has 0 aromatic heterocycles. The third-order valence-corrected chi connectivity index (χ3v) is 2.98. The number of sulfone groups is 1. The van der Waals surface area contributed by atoms with E-state index in [0.29, 0.717) is 5.75 Å². The highest BCUT2D eigenvalue weighted by Crippen LogP contribution is 2.18. The summed E-state index contributed by atoms with van der Waals surface area (Å²) in [4.78, 5) is -0.0268. The van der Waals surface area contributed by atoms with Crippen molar-refractivity contribution in [3.05, 3.63) is 24.3 Å². The van der Waals surface area contributed by atoms with Gasteiger partial charge in [-0.3, -0.25) is 0 Å². The van der Waals surface area contributed by atoms with E-state index in [1.165, 1.54) is 24.3 Å². The molecule has 3 nitrogen and oxygen atoms in total. The van der Waals surface area contributed by atoms with Crippen LogP contribution in [0.15, 0.2) is 29.2 Å². The van der Waals surface area contributed by atoms with E-state index in [9.17, 15) is 12.8 Å². The average Bonchev–Trinajstić information content (AvgIpc) is 2.18. The SMILES string of the molecule is CC(C)Oc1ccc(S(=O)(=O)CF)cc1. The van der Waals surface area contributed by atoms with E-state index in [0.717, 1.165) is 0 Å². The second kappa shape index (κ2) is 4.61. The van der Waals surface area contributed by atoms with Gasteiger partial charge in [-0.2, -0.15) is 0 Å². The van der Waals surface area contributed by atoms with Gasteiger partial charge in [-0.25, -0.2) is 12.8 Å². The maximum absolute atomic E-state index is 12.1. The molecule has 5 heteroatoms. The Morgan fingerprint density at radius 3 is 2.20 bits per heavy atom. The smallest absolute Gasteiger partial charge is 0.207 e. The van der Waals surface area contributed by atoms with Gasteiger partial charge in [0, 0.05) is 0 Å². The van der Waals surface area contributed by atoms with E-state index in [1.54, 1.807) is 0 Å². The molecule has 0 aliphatic heterocycles. The molecule has 0 bridgehead atoms. The number of alkyl halides is 1. The maximum Gasteiger partial charge on any atom is 0.207 e. The summed E-state index contributed by atoms with van der Waals surface area (Å²) in [5, 5.41) is 0.